The van der Waals surface area contributed by atoms with E-state index in [1.807, 2.05) is 17.5 Å². The molecule has 3 aromatic rings. The summed E-state index contributed by atoms with van der Waals surface area (Å²) in [4.78, 5) is 13.4. The topological polar surface area (TPSA) is 62.7 Å². The molecule has 0 saturated heterocycles. The van der Waals surface area contributed by atoms with Crippen molar-refractivity contribution in [2.24, 2.45) is 0 Å². The Labute approximate surface area is 153 Å². The minimum Gasteiger partial charge on any atom is -0.354 e. The summed E-state index contributed by atoms with van der Waals surface area (Å²) in [5.74, 6) is 0.246. The van der Waals surface area contributed by atoms with E-state index in [0.717, 1.165) is 10.4 Å². The lowest BCUT2D eigenvalue weighted by Gasteiger charge is -2.15. The van der Waals surface area contributed by atoms with Gasteiger partial charge in [0.15, 0.2) is 10.6 Å². The Morgan fingerprint density at radius 2 is 2.16 bits per heavy atom. The third-order valence-electron chi connectivity index (χ3n) is 3.84. The van der Waals surface area contributed by atoms with Crippen LogP contribution in [0.5, 0.6) is 0 Å². The van der Waals surface area contributed by atoms with Gasteiger partial charge in [-0.3, -0.25) is 14.5 Å². The van der Waals surface area contributed by atoms with Gasteiger partial charge in [0.05, 0.1) is 4.88 Å². The second kappa shape index (κ2) is 7.71. The van der Waals surface area contributed by atoms with E-state index in [1.165, 1.54) is 23.5 Å². The van der Waals surface area contributed by atoms with E-state index in [4.69, 9.17) is 12.2 Å². The fourth-order valence-electron chi connectivity index (χ4n) is 2.49. The summed E-state index contributed by atoms with van der Waals surface area (Å²) < 4.78 is 15.0. The number of rotatable bonds is 6. The molecule has 0 radical (unpaired) electrons. The Morgan fingerprint density at radius 1 is 1.40 bits per heavy atom. The number of halogens is 1. The average molecular weight is 376 g/mol. The molecule has 0 saturated carbocycles. The van der Waals surface area contributed by atoms with Crippen LogP contribution in [0.25, 0.3) is 10.7 Å². The van der Waals surface area contributed by atoms with Gasteiger partial charge < -0.3 is 5.32 Å². The Bertz CT molecular complexity index is 900. The van der Waals surface area contributed by atoms with E-state index >= 15 is 0 Å². The predicted octanol–water partition coefficient (Wildman–Crippen LogP) is 3.73. The normalized spacial score (nSPS) is 12.1. The van der Waals surface area contributed by atoms with Crippen molar-refractivity contribution in [1.29, 1.82) is 0 Å². The number of hydrogen-bond donors (Lipinski definition) is 2. The first-order chi connectivity index (χ1) is 12.1. The maximum absolute atomic E-state index is 12.9. The summed E-state index contributed by atoms with van der Waals surface area (Å²) in [5, 5.41) is 11.8. The summed E-state index contributed by atoms with van der Waals surface area (Å²) in [6.07, 6.45) is 0.632. The van der Waals surface area contributed by atoms with Crippen LogP contribution >= 0.6 is 23.6 Å². The number of carbonyl (C=O) groups is 1. The van der Waals surface area contributed by atoms with Gasteiger partial charge in [-0.05, 0) is 54.7 Å². The van der Waals surface area contributed by atoms with Gasteiger partial charge in [-0.15, -0.1) is 11.3 Å². The molecule has 2 heterocycles. The van der Waals surface area contributed by atoms with Crippen LogP contribution in [0.4, 0.5) is 4.39 Å². The third-order valence-corrected chi connectivity index (χ3v) is 4.99. The fourth-order valence-corrected chi connectivity index (χ4v) is 3.49. The van der Waals surface area contributed by atoms with Gasteiger partial charge in [0, 0.05) is 6.54 Å². The monoisotopic (exact) mass is 376 g/mol. The van der Waals surface area contributed by atoms with Crippen molar-refractivity contribution < 1.29 is 9.18 Å². The summed E-state index contributed by atoms with van der Waals surface area (Å²) in [6.45, 7) is 2.25. The number of amides is 1. The Morgan fingerprint density at radius 3 is 2.84 bits per heavy atom. The number of carbonyl (C=O) groups excluding carboxylic acids is 1. The van der Waals surface area contributed by atoms with Crippen molar-refractivity contribution in [3.05, 3.63) is 57.9 Å². The molecule has 3 rings (SSSR count). The lowest BCUT2D eigenvalue weighted by atomic mass is 10.1. The lowest BCUT2D eigenvalue weighted by molar-refractivity contribution is -0.123. The molecule has 0 aliphatic carbocycles. The van der Waals surface area contributed by atoms with E-state index in [9.17, 15) is 9.18 Å². The minimum atomic E-state index is -0.489. The standard InChI is InChI=1S/C17H17FN4OS2/c1-11(16(23)19-9-8-12-4-6-13(18)7-5-12)22-15(20-21-17(22)24)14-3-2-10-25-14/h2-7,10-11H,8-9H2,1H3,(H,19,23)(H,21,24)/t11-/m1/s1. The molecule has 0 aliphatic heterocycles. The summed E-state index contributed by atoms with van der Waals surface area (Å²) in [7, 11) is 0. The molecular weight excluding hydrogens is 359 g/mol. The Kier molecular flexibility index (Phi) is 5.40. The molecule has 25 heavy (non-hydrogen) atoms. The van der Waals surface area contributed by atoms with E-state index < -0.39 is 6.04 Å². The second-order valence-corrected chi connectivity index (χ2v) is 6.88. The lowest BCUT2D eigenvalue weighted by Crippen LogP contribution is -2.32. The van der Waals surface area contributed by atoms with E-state index in [2.05, 4.69) is 15.5 Å². The quantitative estimate of drug-likeness (QED) is 0.645. The second-order valence-electron chi connectivity index (χ2n) is 5.54. The van der Waals surface area contributed by atoms with E-state index in [0.29, 0.717) is 23.6 Å². The SMILES string of the molecule is C[C@H](C(=O)NCCc1ccc(F)cc1)n1c(-c2cccs2)n[nH]c1=S. The number of nitrogens with zero attached hydrogens (tertiary/aromatic N) is 2. The highest BCUT2D eigenvalue weighted by Gasteiger charge is 2.20. The van der Waals surface area contributed by atoms with Crippen LogP contribution in [0, 0.1) is 10.6 Å². The molecule has 5 nitrogen and oxygen atoms in total. The number of nitrogens with one attached hydrogen (secondary N) is 2. The molecule has 0 bridgehead atoms. The van der Waals surface area contributed by atoms with Crippen LogP contribution in [0.2, 0.25) is 0 Å². The van der Waals surface area contributed by atoms with Crippen LogP contribution in [0.15, 0.2) is 41.8 Å². The maximum atomic E-state index is 12.9. The van der Waals surface area contributed by atoms with Crippen molar-refractivity contribution in [2.45, 2.75) is 19.4 Å². The van der Waals surface area contributed by atoms with Gasteiger partial charge >= 0.3 is 0 Å². The van der Waals surface area contributed by atoms with Gasteiger partial charge in [0.2, 0.25) is 5.91 Å². The molecule has 0 aliphatic rings. The molecular formula is C17H17FN4OS2. The van der Waals surface area contributed by atoms with Gasteiger partial charge in [0.25, 0.3) is 0 Å². The van der Waals surface area contributed by atoms with Crippen LogP contribution in [0.3, 0.4) is 0 Å². The van der Waals surface area contributed by atoms with E-state index in [-0.39, 0.29) is 11.7 Å². The first-order valence-corrected chi connectivity index (χ1v) is 9.08. The molecule has 1 amide bonds. The van der Waals surface area contributed by atoms with Crippen LogP contribution in [-0.2, 0) is 11.2 Å². The van der Waals surface area contributed by atoms with E-state index in [1.54, 1.807) is 23.6 Å². The number of benzene rings is 1. The van der Waals surface area contributed by atoms with Crippen LogP contribution in [0.1, 0.15) is 18.5 Å². The maximum Gasteiger partial charge on any atom is 0.242 e. The average Bonchev–Trinajstić information content (AvgIpc) is 3.25. The zero-order valence-corrected chi connectivity index (χ0v) is 15.2. The number of aromatic amines is 1. The smallest absolute Gasteiger partial charge is 0.242 e. The van der Waals surface area contributed by atoms with Crippen molar-refractivity contribution in [1.82, 2.24) is 20.1 Å². The molecule has 130 valence electrons. The molecule has 0 fully saturated rings. The third kappa shape index (κ3) is 4.02. The first-order valence-electron chi connectivity index (χ1n) is 7.79. The fraction of sp³-hybridized carbons (Fsp3) is 0.235. The Hall–Kier alpha value is -2.32. The highest BCUT2D eigenvalue weighted by Crippen LogP contribution is 2.25. The molecule has 0 unspecified atom stereocenters. The zero-order valence-electron chi connectivity index (χ0n) is 13.5. The number of hydrogen-bond acceptors (Lipinski definition) is 4. The van der Waals surface area contributed by atoms with Crippen LogP contribution in [-0.4, -0.2) is 27.2 Å². The molecule has 1 atom stereocenters. The predicted molar refractivity (Wildman–Crippen MR) is 98.5 cm³/mol. The number of H-pyrrole nitrogens is 1. The molecule has 0 spiro atoms. The largest absolute Gasteiger partial charge is 0.354 e. The van der Waals surface area contributed by atoms with Gasteiger partial charge in [0.1, 0.15) is 11.9 Å². The highest BCUT2D eigenvalue weighted by atomic mass is 32.1. The first kappa shape index (κ1) is 17.5. The molecule has 8 heteroatoms. The van der Waals surface area contributed by atoms with Gasteiger partial charge in [-0.25, -0.2) is 4.39 Å². The number of thiophene rings is 1. The minimum absolute atomic E-state index is 0.141. The van der Waals surface area contributed by atoms with Crippen molar-refractivity contribution in [3.8, 4) is 10.7 Å². The summed E-state index contributed by atoms with van der Waals surface area (Å²) in [5.41, 5.74) is 0.966. The van der Waals surface area contributed by atoms with Gasteiger partial charge in [-0.2, -0.15) is 5.10 Å². The summed E-state index contributed by atoms with van der Waals surface area (Å²) in [6, 6.07) is 9.63. The van der Waals surface area contributed by atoms with Gasteiger partial charge in [-0.1, -0.05) is 18.2 Å². The molecule has 2 aromatic heterocycles. The Balaban J connectivity index is 1.66. The summed E-state index contributed by atoms with van der Waals surface area (Å²) >= 11 is 6.81. The van der Waals surface area contributed by atoms with Crippen molar-refractivity contribution in [2.75, 3.05) is 6.54 Å². The number of aromatic nitrogens is 3. The zero-order chi connectivity index (χ0) is 17.8. The van der Waals surface area contributed by atoms with Crippen molar-refractivity contribution in [3.63, 3.8) is 0 Å². The molecule has 2 N–H and O–H groups in total. The van der Waals surface area contributed by atoms with Crippen molar-refractivity contribution >= 4 is 29.5 Å². The highest BCUT2D eigenvalue weighted by molar-refractivity contribution is 7.71. The van der Waals surface area contributed by atoms with Crippen LogP contribution < -0.4 is 5.32 Å². The molecule has 1 aromatic carbocycles.